The topological polar surface area (TPSA) is 46.3 Å². The molecule has 0 aliphatic carbocycles. The number of aromatic nitrogens is 1. The summed E-state index contributed by atoms with van der Waals surface area (Å²) >= 11 is 3.32. The molecule has 0 aliphatic heterocycles. The molecule has 2 rings (SSSR count). The molecule has 0 saturated heterocycles. The van der Waals surface area contributed by atoms with Gasteiger partial charge < -0.3 is 9.52 Å². The van der Waals surface area contributed by atoms with Crippen LogP contribution in [0.5, 0.6) is 5.75 Å². The van der Waals surface area contributed by atoms with Crippen molar-refractivity contribution in [3.63, 3.8) is 0 Å². The molecule has 0 bridgehead atoms. The van der Waals surface area contributed by atoms with E-state index < -0.39 is 0 Å². The second kappa shape index (κ2) is 3.46. The van der Waals surface area contributed by atoms with E-state index in [1.54, 1.807) is 24.4 Å². The van der Waals surface area contributed by atoms with Crippen molar-refractivity contribution in [2.45, 2.75) is 6.92 Å². The molecule has 2 aromatic rings. The van der Waals surface area contributed by atoms with E-state index in [1.165, 1.54) is 0 Å². The summed E-state index contributed by atoms with van der Waals surface area (Å²) in [5.74, 6) is 1.32. The molecule has 4 heteroatoms. The Morgan fingerprint density at radius 2 is 2.21 bits per heavy atom. The van der Waals surface area contributed by atoms with E-state index in [1.807, 2.05) is 6.92 Å². The maximum absolute atomic E-state index is 9.58. The van der Waals surface area contributed by atoms with E-state index in [2.05, 4.69) is 20.9 Å². The SMILES string of the molecule is Cc1cnc(-c2cc(Br)ccc2O)o1. The lowest BCUT2D eigenvalue weighted by Gasteiger charge is -2.00. The largest absolute Gasteiger partial charge is 0.507 e. The molecule has 1 N–H and O–H groups in total. The Hall–Kier alpha value is -1.29. The molecule has 0 radical (unpaired) electrons. The van der Waals surface area contributed by atoms with Gasteiger partial charge in [0.25, 0.3) is 0 Å². The molecular weight excluding hydrogens is 246 g/mol. The molecule has 0 spiro atoms. The normalized spacial score (nSPS) is 10.4. The Labute approximate surface area is 89.5 Å². The number of aryl methyl sites for hydroxylation is 1. The van der Waals surface area contributed by atoms with Crippen molar-refractivity contribution in [3.05, 3.63) is 34.6 Å². The zero-order chi connectivity index (χ0) is 10.1. The summed E-state index contributed by atoms with van der Waals surface area (Å²) in [7, 11) is 0. The number of phenolic OH excluding ortho intramolecular Hbond substituents is 1. The highest BCUT2D eigenvalue weighted by Crippen LogP contribution is 2.31. The van der Waals surface area contributed by atoms with E-state index in [4.69, 9.17) is 4.42 Å². The number of nitrogens with zero attached hydrogens (tertiary/aromatic N) is 1. The molecular formula is C10H8BrNO2. The average Bonchev–Trinajstić information content (AvgIpc) is 2.56. The quantitative estimate of drug-likeness (QED) is 0.850. The molecule has 0 saturated carbocycles. The maximum Gasteiger partial charge on any atom is 0.230 e. The van der Waals surface area contributed by atoms with Gasteiger partial charge in [-0.1, -0.05) is 15.9 Å². The second-order valence-electron chi connectivity index (χ2n) is 2.94. The van der Waals surface area contributed by atoms with Crippen LogP contribution < -0.4 is 0 Å². The van der Waals surface area contributed by atoms with Gasteiger partial charge in [-0.3, -0.25) is 0 Å². The van der Waals surface area contributed by atoms with Crippen LogP contribution in [0.1, 0.15) is 5.76 Å². The van der Waals surface area contributed by atoms with Crippen molar-refractivity contribution >= 4 is 15.9 Å². The molecule has 0 atom stereocenters. The predicted molar refractivity (Wildman–Crippen MR) is 56.0 cm³/mol. The molecule has 14 heavy (non-hydrogen) atoms. The van der Waals surface area contributed by atoms with Gasteiger partial charge in [0.05, 0.1) is 11.8 Å². The first kappa shape index (κ1) is 9.27. The molecule has 72 valence electrons. The van der Waals surface area contributed by atoms with E-state index in [9.17, 15) is 5.11 Å². The number of oxazole rings is 1. The molecule has 1 aromatic heterocycles. The molecule has 0 amide bonds. The number of benzene rings is 1. The van der Waals surface area contributed by atoms with Crippen molar-refractivity contribution in [3.8, 4) is 17.2 Å². The van der Waals surface area contributed by atoms with Crippen molar-refractivity contribution < 1.29 is 9.52 Å². The van der Waals surface area contributed by atoms with Crippen LogP contribution in [0.3, 0.4) is 0 Å². The van der Waals surface area contributed by atoms with Crippen molar-refractivity contribution in [2.75, 3.05) is 0 Å². The first-order chi connectivity index (χ1) is 6.66. The Morgan fingerprint density at radius 1 is 1.43 bits per heavy atom. The van der Waals surface area contributed by atoms with Crippen molar-refractivity contribution in [1.29, 1.82) is 0 Å². The number of phenols is 1. The van der Waals surface area contributed by atoms with Crippen LogP contribution in [0.2, 0.25) is 0 Å². The maximum atomic E-state index is 9.58. The minimum atomic E-state index is 0.162. The molecule has 1 aromatic carbocycles. The van der Waals surface area contributed by atoms with Gasteiger partial charge in [-0.2, -0.15) is 0 Å². The summed E-state index contributed by atoms with van der Waals surface area (Å²) in [5.41, 5.74) is 0.590. The number of hydrogen-bond donors (Lipinski definition) is 1. The van der Waals surface area contributed by atoms with Gasteiger partial charge in [-0.15, -0.1) is 0 Å². The minimum Gasteiger partial charge on any atom is -0.507 e. The average molecular weight is 254 g/mol. The Bertz CT molecular complexity index is 465. The molecule has 0 aliphatic rings. The summed E-state index contributed by atoms with van der Waals surface area (Å²) in [6, 6.07) is 5.12. The van der Waals surface area contributed by atoms with Crippen LogP contribution in [0.15, 0.2) is 33.3 Å². The van der Waals surface area contributed by atoms with Crippen LogP contribution in [0.4, 0.5) is 0 Å². The first-order valence-corrected chi connectivity index (χ1v) is 4.87. The Kier molecular flexibility index (Phi) is 2.29. The number of rotatable bonds is 1. The summed E-state index contributed by atoms with van der Waals surface area (Å²) in [6.07, 6.45) is 1.62. The van der Waals surface area contributed by atoms with E-state index in [0.29, 0.717) is 11.5 Å². The zero-order valence-electron chi connectivity index (χ0n) is 7.49. The third-order valence-corrected chi connectivity index (χ3v) is 2.30. The summed E-state index contributed by atoms with van der Waals surface area (Å²) in [6.45, 7) is 1.81. The van der Waals surface area contributed by atoms with E-state index in [-0.39, 0.29) is 5.75 Å². The lowest BCUT2D eigenvalue weighted by atomic mass is 10.2. The van der Waals surface area contributed by atoms with Gasteiger partial charge in [0.2, 0.25) is 5.89 Å². The highest BCUT2D eigenvalue weighted by molar-refractivity contribution is 9.10. The molecule has 0 fully saturated rings. The van der Waals surface area contributed by atoms with Crippen LogP contribution in [0, 0.1) is 6.92 Å². The van der Waals surface area contributed by atoms with Crippen molar-refractivity contribution in [1.82, 2.24) is 4.98 Å². The zero-order valence-corrected chi connectivity index (χ0v) is 9.08. The Morgan fingerprint density at radius 3 is 2.86 bits per heavy atom. The van der Waals surface area contributed by atoms with Crippen LogP contribution in [0.25, 0.3) is 11.5 Å². The van der Waals surface area contributed by atoms with Gasteiger partial charge in [0.15, 0.2) is 0 Å². The highest BCUT2D eigenvalue weighted by Gasteiger charge is 2.09. The molecule has 1 heterocycles. The lowest BCUT2D eigenvalue weighted by molar-refractivity contribution is 0.471. The fourth-order valence-corrected chi connectivity index (χ4v) is 1.52. The van der Waals surface area contributed by atoms with Gasteiger partial charge in [0, 0.05) is 4.47 Å². The number of halogens is 1. The monoisotopic (exact) mass is 253 g/mol. The third kappa shape index (κ3) is 1.65. The number of aromatic hydroxyl groups is 1. The highest BCUT2D eigenvalue weighted by atomic mass is 79.9. The summed E-state index contributed by atoms with van der Waals surface area (Å²) < 4.78 is 6.19. The van der Waals surface area contributed by atoms with Gasteiger partial charge in [0.1, 0.15) is 11.5 Å². The summed E-state index contributed by atoms with van der Waals surface area (Å²) in [5, 5.41) is 9.58. The smallest absolute Gasteiger partial charge is 0.230 e. The van der Waals surface area contributed by atoms with E-state index in [0.717, 1.165) is 10.2 Å². The van der Waals surface area contributed by atoms with E-state index >= 15 is 0 Å². The summed E-state index contributed by atoms with van der Waals surface area (Å²) in [4.78, 5) is 4.04. The van der Waals surface area contributed by atoms with Crippen LogP contribution >= 0.6 is 15.9 Å². The van der Waals surface area contributed by atoms with Gasteiger partial charge >= 0.3 is 0 Å². The van der Waals surface area contributed by atoms with Crippen LogP contribution in [-0.2, 0) is 0 Å². The van der Waals surface area contributed by atoms with Gasteiger partial charge in [-0.25, -0.2) is 4.98 Å². The van der Waals surface area contributed by atoms with Crippen molar-refractivity contribution in [2.24, 2.45) is 0 Å². The lowest BCUT2D eigenvalue weighted by Crippen LogP contribution is -1.78. The minimum absolute atomic E-state index is 0.162. The number of hydrogen-bond acceptors (Lipinski definition) is 3. The predicted octanol–water partition coefficient (Wildman–Crippen LogP) is 3.12. The molecule has 0 unspecified atom stereocenters. The first-order valence-electron chi connectivity index (χ1n) is 4.08. The standard InChI is InChI=1S/C10H8BrNO2/c1-6-5-12-10(14-6)8-4-7(11)2-3-9(8)13/h2-5,13H,1H3. The Balaban J connectivity index is 2.55. The fraction of sp³-hybridized carbons (Fsp3) is 0.100. The second-order valence-corrected chi connectivity index (χ2v) is 3.85. The van der Waals surface area contributed by atoms with Gasteiger partial charge in [-0.05, 0) is 25.1 Å². The molecule has 3 nitrogen and oxygen atoms in total. The van der Waals surface area contributed by atoms with Crippen LogP contribution in [-0.4, -0.2) is 10.1 Å². The third-order valence-electron chi connectivity index (χ3n) is 1.81. The fourth-order valence-electron chi connectivity index (χ4n) is 1.16.